The van der Waals surface area contributed by atoms with Crippen LogP contribution in [0.25, 0.3) is 0 Å². The molecule has 9 heavy (non-hydrogen) atoms. The SMILES string of the molecule is CC1CNC[C@@H]1C(=O)O. The van der Waals surface area contributed by atoms with Gasteiger partial charge in [-0.1, -0.05) is 6.92 Å². The molecule has 1 fully saturated rings. The van der Waals surface area contributed by atoms with Crippen LogP contribution in [-0.2, 0) is 4.79 Å². The molecular formula is C6H11NO2. The molecule has 1 aliphatic rings. The normalized spacial score (nSPS) is 34.8. The van der Waals surface area contributed by atoms with E-state index in [-0.39, 0.29) is 5.92 Å². The van der Waals surface area contributed by atoms with Crippen LogP contribution in [0.4, 0.5) is 0 Å². The van der Waals surface area contributed by atoms with Crippen LogP contribution in [0.15, 0.2) is 0 Å². The Kier molecular flexibility index (Phi) is 1.71. The number of carbonyl (C=O) groups is 1. The highest BCUT2D eigenvalue weighted by molar-refractivity contribution is 5.71. The molecule has 0 radical (unpaired) electrons. The third kappa shape index (κ3) is 1.21. The average molecular weight is 129 g/mol. The molecule has 2 atom stereocenters. The number of nitrogens with one attached hydrogen (secondary N) is 1. The van der Waals surface area contributed by atoms with E-state index in [4.69, 9.17) is 5.11 Å². The van der Waals surface area contributed by atoms with Gasteiger partial charge in [-0.25, -0.2) is 0 Å². The van der Waals surface area contributed by atoms with E-state index in [1.807, 2.05) is 6.92 Å². The molecular weight excluding hydrogens is 118 g/mol. The third-order valence-corrected chi connectivity index (χ3v) is 1.83. The predicted molar refractivity (Wildman–Crippen MR) is 33.2 cm³/mol. The first-order valence-corrected chi connectivity index (χ1v) is 3.15. The van der Waals surface area contributed by atoms with Gasteiger partial charge in [-0.05, 0) is 12.5 Å². The Hall–Kier alpha value is -0.570. The second-order valence-electron chi connectivity index (χ2n) is 2.58. The van der Waals surface area contributed by atoms with E-state index in [0.29, 0.717) is 12.5 Å². The van der Waals surface area contributed by atoms with Crippen molar-refractivity contribution in [2.75, 3.05) is 13.1 Å². The summed E-state index contributed by atoms with van der Waals surface area (Å²) in [5, 5.41) is 11.6. The highest BCUT2D eigenvalue weighted by Gasteiger charge is 2.28. The first-order chi connectivity index (χ1) is 4.22. The van der Waals surface area contributed by atoms with Crippen molar-refractivity contribution in [3.63, 3.8) is 0 Å². The lowest BCUT2D eigenvalue weighted by molar-refractivity contribution is -0.142. The van der Waals surface area contributed by atoms with Crippen LogP contribution < -0.4 is 5.32 Å². The van der Waals surface area contributed by atoms with E-state index < -0.39 is 5.97 Å². The number of carboxylic acids is 1. The van der Waals surface area contributed by atoms with Crippen molar-refractivity contribution in [3.8, 4) is 0 Å². The standard InChI is InChI=1S/C6H11NO2/c1-4-2-7-3-5(4)6(8)9/h4-5,7H,2-3H2,1H3,(H,8,9)/t4?,5-/m0/s1. The van der Waals surface area contributed by atoms with Crippen molar-refractivity contribution >= 4 is 5.97 Å². The highest BCUT2D eigenvalue weighted by Crippen LogP contribution is 2.14. The Morgan fingerprint density at radius 2 is 2.33 bits per heavy atom. The van der Waals surface area contributed by atoms with Crippen LogP contribution in [0, 0.1) is 11.8 Å². The average Bonchev–Trinajstić information content (AvgIpc) is 2.13. The Morgan fingerprint density at radius 3 is 2.56 bits per heavy atom. The van der Waals surface area contributed by atoms with Gasteiger partial charge in [0.05, 0.1) is 5.92 Å². The lowest BCUT2D eigenvalue weighted by Crippen LogP contribution is -2.20. The van der Waals surface area contributed by atoms with Crippen molar-refractivity contribution in [2.45, 2.75) is 6.92 Å². The fourth-order valence-electron chi connectivity index (χ4n) is 1.14. The van der Waals surface area contributed by atoms with Gasteiger partial charge in [0.1, 0.15) is 0 Å². The summed E-state index contributed by atoms with van der Waals surface area (Å²) in [7, 11) is 0. The zero-order chi connectivity index (χ0) is 6.85. The summed E-state index contributed by atoms with van der Waals surface area (Å²) in [5.74, 6) is -0.542. The van der Waals surface area contributed by atoms with Crippen LogP contribution in [0.1, 0.15) is 6.92 Å². The lowest BCUT2D eigenvalue weighted by atomic mass is 9.99. The number of hydrogen-bond acceptors (Lipinski definition) is 2. The molecule has 1 saturated heterocycles. The van der Waals surface area contributed by atoms with Gasteiger partial charge in [0.25, 0.3) is 0 Å². The zero-order valence-corrected chi connectivity index (χ0v) is 5.42. The monoisotopic (exact) mass is 129 g/mol. The van der Waals surface area contributed by atoms with Crippen LogP contribution in [-0.4, -0.2) is 24.2 Å². The molecule has 3 heteroatoms. The summed E-state index contributed by atoms with van der Waals surface area (Å²) >= 11 is 0. The first kappa shape index (κ1) is 6.55. The molecule has 1 aliphatic heterocycles. The molecule has 1 heterocycles. The quantitative estimate of drug-likeness (QED) is 0.521. The number of rotatable bonds is 1. The van der Waals surface area contributed by atoms with E-state index in [0.717, 1.165) is 6.54 Å². The van der Waals surface area contributed by atoms with Gasteiger partial charge in [-0.15, -0.1) is 0 Å². The zero-order valence-electron chi connectivity index (χ0n) is 5.42. The second-order valence-corrected chi connectivity index (χ2v) is 2.58. The van der Waals surface area contributed by atoms with Gasteiger partial charge in [0.2, 0.25) is 0 Å². The molecule has 0 spiro atoms. The molecule has 2 N–H and O–H groups in total. The number of carboxylic acid groups (broad SMARTS) is 1. The molecule has 3 nitrogen and oxygen atoms in total. The van der Waals surface area contributed by atoms with Crippen LogP contribution in [0.5, 0.6) is 0 Å². The topological polar surface area (TPSA) is 49.3 Å². The largest absolute Gasteiger partial charge is 0.481 e. The van der Waals surface area contributed by atoms with E-state index >= 15 is 0 Å². The maximum atomic E-state index is 10.4. The summed E-state index contributed by atoms with van der Waals surface area (Å²) in [6, 6.07) is 0. The maximum absolute atomic E-state index is 10.4. The smallest absolute Gasteiger partial charge is 0.308 e. The summed E-state index contributed by atoms with van der Waals surface area (Å²) in [5.41, 5.74) is 0. The molecule has 0 aromatic heterocycles. The minimum Gasteiger partial charge on any atom is -0.481 e. The van der Waals surface area contributed by atoms with Crippen molar-refractivity contribution < 1.29 is 9.90 Å². The summed E-state index contributed by atoms with van der Waals surface area (Å²) in [6.45, 7) is 3.44. The molecule has 1 rings (SSSR count). The number of aliphatic carboxylic acids is 1. The number of hydrogen-bond donors (Lipinski definition) is 2. The van der Waals surface area contributed by atoms with Gasteiger partial charge < -0.3 is 10.4 Å². The molecule has 1 unspecified atom stereocenters. The molecule has 0 aromatic carbocycles. The molecule has 0 saturated carbocycles. The van der Waals surface area contributed by atoms with Gasteiger partial charge in [-0.3, -0.25) is 4.79 Å². The molecule has 0 bridgehead atoms. The van der Waals surface area contributed by atoms with Crippen LogP contribution >= 0.6 is 0 Å². The van der Waals surface area contributed by atoms with E-state index in [2.05, 4.69) is 5.32 Å². The maximum Gasteiger partial charge on any atom is 0.308 e. The summed E-state index contributed by atoms with van der Waals surface area (Å²) < 4.78 is 0. The first-order valence-electron chi connectivity index (χ1n) is 3.15. The van der Waals surface area contributed by atoms with Crippen molar-refractivity contribution in [1.29, 1.82) is 0 Å². The fraction of sp³-hybridized carbons (Fsp3) is 0.833. The van der Waals surface area contributed by atoms with Crippen molar-refractivity contribution in [1.82, 2.24) is 5.32 Å². The summed E-state index contributed by atoms with van der Waals surface area (Å²) in [4.78, 5) is 10.4. The highest BCUT2D eigenvalue weighted by atomic mass is 16.4. The van der Waals surface area contributed by atoms with Gasteiger partial charge in [-0.2, -0.15) is 0 Å². The Bertz CT molecular complexity index is 124. The van der Waals surface area contributed by atoms with Crippen molar-refractivity contribution in [2.24, 2.45) is 11.8 Å². The van der Waals surface area contributed by atoms with Gasteiger partial charge >= 0.3 is 5.97 Å². The lowest BCUT2D eigenvalue weighted by Gasteiger charge is -2.05. The molecule has 0 aliphatic carbocycles. The Balaban J connectivity index is 2.49. The Labute approximate surface area is 54.1 Å². The minimum absolute atomic E-state index is 0.162. The third-order valence-electron chi connectivity index (χ3n) is 1.83. The van der Waals surface area contributed by atoms with Crippen LogP contribution in [0.3, 0.4) is 0 Å². The van der Waals surface area contributed by atoms with Crippen LogP contribution in [0.2, 0.25) is 0 Å². The minimum atomic E-state index is -0.674. The molecule has 0 aromatic rings. The summed E-state index contributed by atoms with van der Waals surface area (Å²) in [6.07, 6.45) is 0. The van der Waals surface area contributed by atoms with Gasteiger partial charge in [0, 0.05) is 6.54 Å². The molecule has 0 amide bonds. The van der Waals surface area contributed by atoms with E-state index in [1.165, 1.54) is 0 Å². The van der Waals surface area contributed by atoms with E-state index in [1.54, 1.807) is 0 Å². The Morgan fingerprint density at radius 1 is 1.67 bits per heavy atom. The fourth-order valence-corrected chi connectivity index (χ4v) is 1.14. The van der Waals surface area contributed by atoms with Gasteiger partial charge in [0.15, 0.2) is 0 Å². The molecule has 52 valence electrons. The second kappa shape index (κ2) is 2.35. The predicted octanol–water partition coefficient (Wildman–Crippen LogP) is -0.0735. The van der Waals surface area contributed by atoms with Crippen molar-refractivity contribution in [3.05, 3.63) is 0 Å². The van der Waals surface area contributed by atoms with E-state index in [9.17, 15) is 4.79 Å².